The van der Waals surface area contributed by atoms with Crippen LogP contribution in [0.25, 0.3) is 0 Å². The minimum Gasteiger partial charge on any atom is -0.469 e. The fourth-order valence-corrected chi connectivity index (χ4v) is 3.89. The van der Waals surface area contributed by atoms with E-state index in [9.17, 15) is 9.59 Å². The molecule has 0 saturated heterocycles. The van der Waals surface area contributed by atoms with Crippen molar-refractivity contribution in [2.45, 2.75) is 51.1 Å². The molecule has 0 bridgehead atoms. The van der Waals surface area contributed by atoms with E-state index in [1.165, 1.54) is 12.7 Å². The summed E-state index contributed by atoms with van der Waals surface area (Å²) in [7, 11) is 1.45. The average molecular weight is 330 g/mol. The summed E-state index contributed by atoms with van der Waals surface area (Å²) in [5, 5.41) is 3.46. The van der Waals surface area contributed by atoms with Gasteiger partial charge in [-0.1, -0.05) is 18.2 Å². The molecule has 1 aliphatic carbocycles. The van der Waals surface area contributed by atoms with E-state index in [4.69, 9.17) is 4.74 Å². The first kappa shape index (κ1) is 17.0. The maximum Gasteiger partial charge on any atom is 0.308 e. The van der Waals surface area contributed by atoms with E-state index < -0.39 is 0 Å². The predicted molar refractivity (Wildman–Crippen MR) is 92.9 cm³/mol. The molecule has 130 valence electrons. The number of ether oxygens (including phenoxy) is 1. The summed E-state index contributed by atoms with van der Waals surface area (Å²) in [5.41, 5.74) is 2.29. The molecule has 0 radical (unpaired) electrons. The Morgan fingerprint density at radius 1 is 1.21 bits per heavy atom. The minimum atomic E-state index is -0.212. The van der Waals surface area contributed by atoms with E-state index in [2.05, 4.69) is 11.4 Å². The largest absolute Gasteiger partial charge is 0.469 e. The molecule has 1 atom stereocenters. The molecule has 1 aromatic rings. The number of benzene rings is 1. The molecule has 1 aliphatic heterocycles. The number of carbonyl (C=O) groups is 2. The molecule has 1 aromatic carbocycles. The molecule has 1 heterocycles. The number of nitrogens with one attached hydrogen (secondary N) is 1. The Morgan fingerprint density at radius 2 is 1.92 bits per heavy atom. The van der Waals surface area contributed by atoms with Gasteiger partial charge < -0.3 is 15.0 Å². The number of hydrogen-bond donors (Lipinski definition) is 1. The van der Waals surface area contributed by atoms with Crippen molar-refractivity contribution in [3.63, 3.8) is 0 Å². The molecule has 1 amide bonds. The van der Waals surface area contributed by atoms with Crippen molar-refractivity contribution in [2.75, 3.05) is 18.6 Å². The van der Waals surface area contributed by atoms with E-state index in [-0.39, 0.29) is 23.8 Å². The van der Waals surface area contributed by atoms with Crippen molar-refractivity contribution in [3.05, 3.63) is 29.8 Å². The zero-order valence-electron chi connectivity index (χ0n) is 14.5. The highest BCUT2D eigenvalue weighted by molar-refractivity contribution is 5.98. The van der Waals surface area contributed by atoms with Crippen LogP contribution in [-0.4, -0.2) is 37.6 Å². The van der Waals surface area contributed by atoms with Crippen LogP contribution < -0.4 is 10.2 Å². The van der Waals surface area contributed by atoms with Gasteiger partial charge in [0.05, 0.1) is 19.1 Å². The van der Waals surface area contributed by atoms with Gasteiger partial charge in [0.25, 0.3) is 0 Å². The van der Waals surface area contributed by atoms with Crippen LogP contribution in [0, 0.1) is 5.92 Å². The zero-order valence-corrected chi connectivity index (χ0v) is 14.5. The van der Waals surface area contributed by atoms with Crippen molar-refractivity contribution in [2.24, 2.45) is 5.92 Å². The molecule has 0 aromatic heterocycles. The van der Waals surface area contributed by atoms with Crippen LogP contribution in [-0.2, 0) is 20.7 Å². The first-order valence-corrected chi connectivity index (χ1v) is 8.83. The van der Waals surface area contributed by atoms with Crippen molar-refractivity contribution in [1.29, 1.82) is 0 Å². The topological polar surface area (TPSA) is 58.6 Å². The third-order valence-electron chi connectivity index (χ3n) is 5.27. The Labute approximate surface area is 143 Å². The zero-order chi connectivity index (χ0) is 17.1. The summed E-state index contributed by atoms with van der Waals surface area (Å²) in [6.07, 6.45) is 4.41. The van der Waals surface area contributed by atoms with Gasteiger partial charge in [-0.3, -0.25) is 9.59 Å². The molecule has 1 unspecified atom stereocenters. The van der Waals surface area contributed by atoms with Gasteiger partial charge in [0.2, 0.25) is 5.91 Å². The van der Waals surface area contributed by atoms with Crippen LogP contribution in [0.4, 0.5) is 5.69 Å². The van der Waals surface area contributed by atoms with Crippen molar-refractivity contribution >= 4 is 17.6 Å². The second kappa shape index (κ2) is 7.34. The smallest absolute Gasteiger partial charge is 0.308 e. The van der Waals surface area contributed by atoms with Gasteiger partial charge in [-0.05, 0) is 50.7 Å². The van der Waals surface area contributed by atoms with Crippen molar-refractivity contribution < 1.29 is 14.3 Å². The number of fused-ring (bicyclic) bond motifs is 1. The lowest BCUT2D eigenvalue weighted by Crippen LogP contribution is -2.49. The molecule has 5 heteroatoms. The van der Waals surface area contributed by atoms with Crippen LogP contribution in [0.1, 0.15) is 38.2 Å². The quantitative estimate of drug-likeness (QED) is 0.861. The van der Waals surface area contributed by atoms with Crippen LogP contribution in [0.3, 0.4) is 0 Å². The Morgan fingerprint density at radius 3 is 2.62 bits per heavy atom. The summed E-state index contributed by atoms with van der Waals surface area (Å²) < 4.78 is 4.82. The first-order chi connectivity index (χ1) is 11.6. The summed E-state index contributed by atoms with van der Waals surface area (Å²) in [5.74, 6) is 0.0470. The second-order valence-electron chi connectivity index (χ2n) is 6.83. The SMILES string of the molecule is COC(=O)C1CCC(NC(C)C(=O)N2CCc3ccccc32)CC1. The fourth-order valence-electron chi connectivity index (χ4n) is 3.89. The summed E-state index contributed by atoms with van der Waals surface area (Å²) in [4.78, 5) is 26.3. The van der Waals surface area contributed by atoms with Gasteiger partial charge in [0.1, 0.15) is 0 Å². The van der Waals surface area contributed by atoms with E-state index in [0.717, 1.165) is 44.3 Å². The molecular weight excluding hydrogens is 304 g/mol. The van der Waals surface area contributed by atoms with Gasteiger partial charge in [-0.15, -0.1) is 0 Å². The van der Waals surface area contributed by atoms with E-state index in [1.54, 1.807) is 0 Å². The highest BCUT2D eigenvalue weighted by atomic mass is 16.5. The molecule has 5 nitrogen and oxygen atoms in total. The van der Waals surface area contributed by atoms with Gasteiger partial charge in [-0.2, -0.15) is 0 Å². The van der Waals surface area contributed by atoms with E-state index in [0.29, 0.717) is 6.04 Å². The predicted octanol–water partition coefficient (Wildman–Crippen LogP) is 2.29. The molecule has 1 saturated carbocycles. The van der Waals surface area contributed by atoms with Crippen LogP contribution in [0.2, 0.25) is 0 Å². The average Bonchev–Trinajstić information content (AvgIpc) is 3.05. The van der Waals surface area contributed by atoms with Crippen molar-refractivity contribution in [1.82, 2.24) is 5.32 Å². The molecule has 2 aliphatic rings. The molecule has 24 heavy (non-hydrogen) atoms. The van der Waals surface area contributed by atoms with Gasteiger partial charge in [0, 0.05) is 18.3 Å². The molecular formula is C19H26N2O3. The molecule has 3 rings (SSSR count). The number of amides is 1. The monoisotopic (exact) mass is 330 g/mol. The third-order valence-corrected chi connectivity index (χ3v) is 5.27. The Kier molecular flexibility index (Phi) is 5.19. The lowest BCUT2D eigenvalue weighted by Gasteiger charge is -2.31. The summed E-state index contributed by atoms with van der Waals surface area (Å²) in [6.45, 7) is 2.70. The number of hydrogen-bond acceptors (Lipinski definition) is 4. The Bertz CT molecular complexity index is 608. The number of rotatable bonds is 4. The maximum absolute atomic E-state index is 12.8. The minimum absolute atomic E-state index is 0.0181. The lowest BCUT2D eigenvalue weighted by molar-refractivity contribution is -0.146. The summed E-state index contributed by atoms with van der Waals surface area (Å²) in [6, 6.07) is 8.20. The van der Waals surface area contributed by atoms with Crippen molar-refractivity contribution in [3.8, 4) is 0 Å². The number of carbonyl (C=O) groups excluding carboxylic acids is 2. The summed E-state index contributed by atoms with van der Waals surface area (Å²) >= 11 is 0. The second-order valence-corrected chi connectivity index (χ2v) is 6.83. The van der Waals surface area contributed by atoms with Gasteiger partial charge >= 0.3 is 5.97 Å². The maximum atomic E-state index is 12.8. The number of nitrogens with zero attached hydrogens (tertiary/aromatic N) is 1. The number of para-hydroxylation sites is 1. The molecule has 1 fully saturated rings. The highest BCUT2D eigenvalue weighted by Crippen LogP contribution is 2.29. The van der Waals surface area contributed by atoms with Crippen LogP contribution in [0.5, 0.6) is 0 Å². The Hall–Kier alpha value is -1.88. The molecule has 1 N–H and O–H groups in total. The fraction of sp³-hybridized carbons (Fsp3) is 0.579. The van der Waals surface area contributed by atoms with Gasteiger partial charge in [0.15, 0.2) is 0 Å². The Balaban J connectivity index is 1.54. The number of anilines is 1. The molecule has 0 spiro atoms. The normalized spacial score (nSPS) is 24.3. The van der Waals surface area contributed by atoms with E-state index >= 15 is 0 Å². The van der Waals surface area contributed by atoms with Crippen LogP contribution >= 0.6 is 0 Å². The van der Waals surface area contributed by atoms with Gasteiger partial charge in [-0.25, -0.2) is 0 Å². The standard InChI is InChI=1S/C19H26N2O3/c1-13(20-16-9-7-15(8-10-16)19(23)24-2)18(22)21-12-11-14-5-3-4-6-17(14)21/h3-6,13,15-16,20H,7-12H2,1-2H3. The lowest BCUT2D eigenvalue weighted by atomic mass is 9.86. The number of esters is 1. The number of methoxy groups -OCH3 is 1. The highest BCUT2D eigenvalue weighted by Gasteiger charge is 2.31. The van der Waals surface area contributed by atoms with E-state index in [1.807, 2.05) is 30.0 Å². The first-order valence-electron chi connectivity index (χ1n) is 8.83. The van der Waals surface area contributed by atoms with Crippen LogP contribution in [0.15, 0.2) is 24.3 Å². The third kappa shape index (κ3) is 3.46.